The number of carboxylic acid groups (broad SMARTS) is 1. The Kier molecular flexibility index (Phi) is 17.8. The van der Waals surface area contributed by atoms with Crippen molar-refractivity contribution in [3.63, 3.8) is 0 Å². The molecule has 1 unspecified atom stereocenters. The molecule has 0 aliphatic carbocycles. The van der Waals surface area contributed by atoms with Gasteiger partial charge in [-0.2, -0.15) is 0 Å². The first kappa shape index (κ1) is 49.9. The second kappa shape index (κ2) is 21.4. The first-order valence-corrected chi connectivity index (χ1v) is 20.3. The van der Waals surface area contributed by atoms with Crippen molar-refractivity contribution in [3.8, 4) is 0 Å². The number of carbonyl (C=O) groups excluding carboxylic acids is 7. The van der Waals surface area contributed by atoms with Gasteiger partial charge in [0.1, 0.15) is 61.6 Å². The summed E-state index contributed by atoms with van der Waals surface area (Å²) in [6.07, 6.45) is -11.1. The Labute approximate surface area is 349 Å². The van der Waals surface area contributed by atoms with Crippen LogP contribution in [0.3, 0.4) is 0 Å². The lowest BCUT2D eigenvalue weighted by atomic mass is 9.94. The van der Waals surface area contributed by atoms with Gasteiger partial charge in [-0.15, -0.1) is 0 Å². The summed E-state index contributed by atoms with van der Waals surface area (Å²) in [5.41, 5.74) is -1.54. The highest BCUT2D eigenvalue weighted by Crippen LogP contribution is 2.31. The lowest BCUT2D eigenvalue weighted by Gasteiger charge is -2.43. The number of rotatable bonds is 11. The third kappa shape index (κ3) is 12.6. The first-order valence-electron chi connectivity index (χ1n) is 20.3. The molecule has 11 atom stereocenters. The predicted octanol–water partition coefficient (Wildman–Crippen LogP) is -1.72. The highest BCUT2D eigenvalue weighted by molar-refractivity contribution is 5.96. The van der Waals surface area contributed by atoms with E-state index in [1.54, 1.807) is 20.8 Å². The summed E-state index contributed by atoms with van der Waals surface area (Å²) in [5, 5.41) is 46.1. The van der Waals surface area contributed by atoms with E-state index in [1.165, 1.54) is 49.6 Å². The number of hydrogen-bond donors (Lipinski definition) is 6. The highest BCUT2D eigenvalue weighted by atomic mass is 16.7. The van der Waals surface area contributed by atoms with Crippen LogP contribution in [0.1, 0.15) is 87.0 Å². The third-order valence-corrected chi connectivity index (χ3v) is 11.2. The van der Waals surface area contributed by atoms with Crippen molar-refractivity contribution in [2.75, 3.05) is 33.8 Å². The lowest BCUT2D eigenvalue weighted by molar-refractivity contribution is -0.325. The van der Waals surface area contributed by atoms with Crippen LogP contribution in [0.15, 0.2) is 0 Å². The van der Waals surface area contributed by atoms with Crippen LogP contribution < -0.4 is 10.6 Å². The molecule has 0 saturated carbocycles. The van der Waals surface area contributed by atoms with Crippen LogP contribution in [0.4, 0.5) is 0 Å². The minimum atomic E-state index is -1.88. The molecule has 5 amide bonds. The van der Waals surface area contributed by atoms with Gasteiger partial charge >= 0.3 is 17.9 Å². The average Bonchev–Trinajstić information content (AvgIpc) is 3.67. The van der Waals surface area contributed by atoms with Crippen molar-refractivity contribution in [1.82, 2.24) is 25.3 Å². The number of aliphatic carboxylic acids is 1. The van der Waals surface area contributed by atoms with E-state index in [0.717, 1.165) is 0 Å². The molecule has 0 aromatic rings. The Morgan fingerprint density at radius 2 is 1.58 bits per heavy atom. The summed E-state index contributed by atoms with van der Waals surface area (Å²) < 4.78 is 22.2. The Morgan fingerprint density at radius 1 is 0.933 bits per heavy atom. The van der Waals surface area contributed by atoms with E-state index in [-0.39, 0.29) is 19.5 Å². The van der Waals surface area contributed by atoms with Gasteiger partial charge in [-0.25, -0.2) is 0 Å². The first-order chi connectivity index (χ1) is 27.9. The number of amides is 5. The SMILES string of the molecule is CC[C@H](C)[C@@H]1NC(=O)[C@@H]2CCCN2C(=O)[C@@H](CC(C)(C)O[C@@H]2O[C@H](COC(=O)CC(=O)O)[C@@H](O)[C@H](O)[C@H]2O)OC(=O)CCNC(=O)[C@H](C)N(C)C(=O)C(C(C)C)N(C)C1=O. The van der Waals surface area contributed by atoms with Gasteiger partial charge < -0.3 is 64.7 Å². The molecule has 3 aliphatic heterocycles. The Hall–Kier alpha value is -4.44. The van der Waals surface area contributed by atoms with Crippen LogP contribution in [-0.2, 0) is 57.3 Å². The zero-order valence-electron chi connectivity index (χ0n) is 35.8. The Balaban J connectivity index is 1.97. The van der Waals surface area contributed by atoms with E-state index >= 15 is 0 Å². The van der Waals surface area contributed by atoms with Crippen LogP contribution >= 0.6 is 0 Å². The zero-order valence-corrected chi connectivity index (χ0v) is 35.8. The molecule has 6 N–H and O–H groups in total. The minimum Gasteiger partial charge on any atom is -0.481 e. The van der Waals surface area contributed by atoms with Crippen molar-refractivity contribution >= 4 is 47.4 Å². The molecule has 3 fully saturated rings. The molecule has 0 aromatic carbocycles. The van der Waals surface area contributed by atoms with Crippen molar-refractivity contribution < 1.29 is 77.7 Å². The van der Waals surface area contributed by atoms with E-state index < -0.39 is 152 Å². The van der Waals surface area contributed by atoms with Gasteiger partial charge in [0.25, 0.3) is 5.91 Å². The maximum absolute atomic E-state index is 14.4. The minimum absolute atomic E-state index is 0.0785. The number of nitrogens with zero attached hydrogens (tertiary/aromatic N) is 3. The largest absolute Gasteiger partial charge is 0.481 e. The highest BCUT2D eigenvalue weighted by Gasteiger charge is 2.49. The summed E-state index contributed by atoms with van der Waals surface area (Å²) in [7, 11) is 2.89. The number of ether oxygens (including phenoxy) is 4. The fraction of sp³-hybridized carbons (Fsp3) is 0.795. The van der Waals surface area contributed by atoms with Gasteiger partial charge in [0.2, 0.25) is 23.6 Å². The molecule has 3 aliphatic rings. The van der Waals surface area contributed by atoms with Crippen LogP contribution in [0.2, 0.25) is 0 Å². The molecule has 3 saturated heterocycles. The van der Waals surface area contributed by atoms with Crippen LogP contribution in [0.5, 0.6) is 0 Å². The number of cyclic esters (lactones) is 1. The Bertz CT molecular complexity index is 1590. The standard InChI is InChI=1S/C39H63N5O16/c1-10-20(4)28-36(55)43(9)29(19(2)3)37(56)42(8)21(5)33(52)40-14-13-26(47)58-23(35(54)44-15-11-12-22(44)34(53)41-28)17-39(6,7)60-38-32(51)31(50)30(49)24(59-38)18-57-27(48)16-25(45)46/h19-24,28-32,38,49-51H,10-18H2,1-9H3,(H,40,52)(H,41,53)(H,45,46)/t20-,21-,22-,23+,24+,28-,29?,30+,31-,32+,38-/m0/s1. The van der Waals surface area contributed by atoms with Crippen molar-refractivity contribution in [3.05, 3.63) is 0 Å². The summed E-state index contributed by atoms with van der Waals surface area (Å²) >= 11 is 0. The fourth-order valence-electron chi connectivity index (χ4n) is 7.39. The number of carbonyl (C=O) groups is 8. The number of aliphatic hydroxyl groups is 3. The molecule has 3 rings (SSSR count). The lowest BCUT2D eigenvalue weighted by Crippen LogP contribution is -2.61. The van der Waals surface area contributed by atoms with E-state index in [0.29, 0.717) is 12.8 Å². The average molecular weight is 858 g/mol. The predicted molar refractivity (Wildman–Crippen MR) is 207 cm³/mol. The second-order valence-corrected chi connectivity index (χ2v) is 16.7. The number of carboxylic acids is 1. The van der Waals surface area contributed by atoms with E-state index in [9.17, 15) is 53.7 Å². The zero-order chi connectivity index (χ0) is 45.4. The molecule has 3 heterocycles. The summed E-state index contributed by atoms with van der Waals surface area (Å²) in [6, 6.07) is -4.23. The van der Waals surface area contributed by atoms with Crippen molar-refractivity contribution in [1.29, 1.82) is 0 Å². The number of nitrogens with one attached hydrogen (secondary N) is 2. The molecular weight excluding hydrogens is 794 g/mol. The molecule has 0 spiro atoms. The molecule has 340 valence electrons. The number of aliphatic hydroxyl groups excluding tert-OH is 3. The van der Waals surface area contributed by atoms with Gasteiger partial charge in [-0.3, -0.25) is 38.4 Å². The molecule has 60 heavy (non-hydrogen) atoms. The number of fused-ring (bicyclic) bond motifs is 1. The number of hydrogen-bond acceptors (Lipinski definition) is 15. The number of esters is 2. The van der Waals surface area contributed by atoms with Crippen LogP contribution in [0.25, 0.3) is 0 Å². The van der Waals surface area contributed by atoms with E-state index in [2.05, 4.69) is 10.6 Å². The van der Waals surface area contributed by atoms with E-state index in [4.69, 9.17) is 24.1 Å². The van der Waals surface area contributed by atoms with Gasteiger partial charge in [-0.1, -0.05) is 34.1 Å². The number of likely N-dealkylation sites (N-methyl/N-ethyl adjacent to an activating group) is 2. The normalized spacial score (nSPS) is 31.4. The fourth-order valence-corrected chi connectivity index (χ4v) is 7.39. The van der Waals surface area contributed by atoms with E-state index in [1.807, 2.05) is 6.92 Å². The van der Waals surface area contributed by atoms with Gasteiger partial charge in [0, 0.05) is 33.6 Å². The van der Waals surface area contributed by atoms with Crippen molar-refractivity contribution in [2.45, 2.75) is 154 Å². The van der Waals surface area contributed by atoms with Gasteiger partial charge in [0.05, 0.1) is 12.0 Å². The second-order valence-electron chi connectivity index (χ2n) is 16.7. The quantitative estimate of drug-likeness (QED) is 0.0996. The van der Waals surface area contributed by atoms with Crippen LogP contribution in [-0.4, -0.2) is 183 Å². The summed E-state index contributed by atoms with van der Waals surface area (Å²) in [4.78, 5) is 110. The monoisotopic (exact) mass is 857 g/mol. The molecular formula is C39H63N5O16. The molecule has 0 aromatic heterocycles. The molecule has 21 nitrogen and oxygen atoms in total. The van der Waals surface area contributed by atoms with Gasteiger partial charge in [-0.05, 0) is 45.4 Å². The smallest absolute Gasteiger partial charge is 0.317 e. The van der Waals surface area contributed by atoms with Crippen molar-refractivity contribution in [2.24, 2.45) is 11.8 Å². The van der Waals surface area contributed by atoms with Crippen LogP contribution in [0, 0.1) is 11.8 Å². The molecule has 21 heteroatoms. The third-order valence-electron chi connectivity index (χ3n) is 11.2. The van der Waals surface area contributed by atoms with Gasteiger partial charge in [0.15, 0.2) is 12.4 Å². The Morgan fingerprint density at radius 3 is 2.18 bits per heavy atom. The maximum Gasteiger partial charge on any atom is 0.317 e. The topological polar surface area (TPSA) is 288 Å². The molecule has 0 radical (unpaired) electrons. The molecule has 0 bridgehead atoms. The summed E-state index contributed by atoms with van der Waals surface area (Å²) in [6.45, 7) is 10.6. The maximum atomic E-state index is 14.4. The summed E-state index contributed by atoms with van der Waals surface area (Å²) in [5.74, 6) is -7.42.